The van der Waals surface area contributed by atoms with Gasteiger partial charge in [-0.15, -0.1) is 23.2 Å². The number of nitrogens with zero attached hydrogens (tertiary/aromatic N) is 13. The van der Waals surface area contributed by atoms with Gasteiger partial charge in [-0.2, -0.15) is 10.5 Å². The second-order valence-electron chi connectivity index (χ2n) is 27.6. The molecule has 4 N–H and O–H groups in total. The van der Waals surface area contributed by atoms with Gasteiger partial charge >= 0.3 is 5.97 Å². The Labute approximate surface area is 650 Å². The fourth-order valence-electron chi connectivity index (χ4n) is 14.4. The summed E-state index contributed by atoms with van der Waals surface area (Å²) in [7, 11) is 10.7. The number of anilines is 5. The Morgan fingerprint density at radius 2 is 0.926 bits per heavy atom. The molecule has 108 heavy (non-hydrogen) atoms. The number of hydrogen-bond acceptors (Lipinski definition) is 16. The number of carboxylic acid groups (broad SMARTS) is 1. The number of para-hydroxylation sites is 3. The van der Waals surface area contributed by atoms with Gasteiger partial charge in [-0.05, 0) is 123 Å². The van der Waals surface area contributed by atoms with Gasteiger partial charge in [0.1, 0.15) is 23.8 Å². The zero-order valence-corrected chi connectivity index (χ0v) is 63.6. The number of piperazine rings is 4. The van der Waals surface area contributed by atoms with Crippen molar-refractivity contribution < 1.29 is 15.0 Å². The number of likely N-dealkylation sites (N-methyl/N-ethyl adjacent to an activating group) is 5. The average molecular weight is 1490 g/mol. The lowest BCUT2D eigenvalue weighted by molar-refractivity contribution is 0.0697. The van der Waals surface area contributed by atoms with Gasteiger partial charge in [-0.1, -0.05) is 202 Å². The zero-order chi connectivity index (χ0) is 75.4. The number of hydrogen-bond donors (Lipinski definition) is 3. The number of aliphatic hydroxyl groups is 1. The summed E-state index contributed by atoms with van der Waals surface area (Å²) in [6.07, 6.45) is 4.47. The number of aromatic carboxylic acids is 1. The van der Waals surface area contributed by atoms with E-state index in [1.54, 1.807) is 30.5 Å². The maximum absolute atomic E-state index is 11.5. The lowest BCUT2D eigenvalue weighted by atomic mass is 9.96. The van der Waals surface area contributed by atoms with Gasteiger partial charge in [-0.25, -0.2) is 14.8 Å². The van der Waals surface area contributed by atoms with E-state index in [9.17, 15) is 20.3 Å². The molecule has 0 aliphatic carbocycles. The van der Waals surface area contributed by atoms with Crippen molar-refractivity contribution in [3.05, 3.63) is 316 Å². The highest BCUT2D eigenvalue weighted by Gasteiger charge is 2.34. The Bertz CT molecular complexity index is 4460. The van der Waals surface area contributed by atoms with E-state index >= 15 is 0 Å². The number of nitrogen functional groups attached to an aromatic ring is 1. The Hall–Kier alpha value is -10.2. The summed E-state index contributed by atoms with van der Waals surface area (Å²) < 4.78 is 0. The molecule has 5 unspecified atom stereocenters. The number of aromatic nitrogens is 2. The molecule has 5 atom stereocenters. The van der Waals surface area contributed by atoms with Crippen LogP contribution in [0.4, 0.5) is 28.7 Å². The number of aliphatic hydroxyl groups excluding tert-OH is 1. The number of carboxylic acids is 1. The van der Waals surface area contributed by atoms with Crippen LogP contribution in [0, 0.1) is 22.7 Å². The molecule has 5 aliphatic heterocycles. The van der Waals surface area contributed by atoms with Crippen molar-refractivity contribution in [2.24, 2.45) is 0 Å². The molecule has 17 nitrogen and oxygen atoms in total. The van der Waals surface area contributed by atoms with Crippen molar-refractivity contribution in [2.45, 2.75) is 50.0 Å². The van der Waals surface area contributed by atoms with Crippen LogP contribution in [0.1, 0.15) is 103 Å². The van der Waals surface area contributed by atoms with Crippen molar-refractivity contribution in [1.82, 2.24) is 34.5 Å². The molecule has 7 heterocycles. The molecule has 19 heteroatoms. The topological polar surface area (TPSA) is 186 Å². The van der Waals surface area contributed by atoms with E-state index in [1.807, 2.05) is 116 Å². The minimum Gasteiger partial charge on any atom is -0.478 e. The molecule has 4 fully saturated rings. The number of pyridine rings is 2. The first-order valence-corrected chi connectivity index (χ1v) is 37.6. The number of halogens is 2. The number of carbonyl (C=O) groups is 1. The molecule has 2 aromatic heterocycles. The summed E-state index contributed by atoms with van der Waals surface area (Å²) >= 11 is 11.9. The highest BCUT2D eigenvalue weighted by atomic mass is 35.5. The molecule has 8 aromatic carbocycles. The van der Waals surface area contributed by atoms with E-state index in [4.69, 9.17) is 34.2 Å². The third kappa shape index (κ3) is 22.3. The summed E-state index contributed by atoms with van der Waals surface area (Å²) in [6.45, 7) is 13.6. The van der Waals surface area contributed by atoms with Gasteiger partial charge in [0.2, 0.25) is 0 Å². The fourth-order valence-corrected chi connectivity index (χ4v) is 15.1. The molecular weight excluding hydrogens is 1380 g/mol. The quantitative estimate of drug-likeness (QED) is 0.0925. The van der Waals surface area contributed by atoms with Crippen molar-refractivity contribution >= 4 is 57.9 Å². The van der Waals surface area contributed by atoms with Crippen LogP contribution < -0.4 is 25.3 Å². The first-order chi connectivity index (χ1) is 52.2. The standard InChI is InChI=1S/C18H19N3.C18H20N2O2.C18H22N2O.C17H19N3.C11H15Cl2N.C6H5N3.CH4/c1-20-11-12-21(17-10-6-5-9-16(17)13-19)18(14-20)15-7-3-2-4-8-15;1-19-11-12-20(16-10-6-5-9-15(16)18(21)22)17(13-19)14-7-3-2-4-8-14;1-19-11-12-20(17-10-6-5-9-16(17)14-21)18(13-19)15-7-3-2-4-8-15;1-19-9-10-20-16(12-19)15-7-3-2-5-13(15)11-14-6-4-8-18-17(14)20;1-14(8-7-12)9-11(13)10-5-3-2-4-6-10;7-4-5-2-1-3-9-6(5)8;/h2-10,18H,11-12,14H2,1H3;2-10,17H,11-13H2,1H3,(H,21,22);2-10,18,21H,11-14H2,1H3;2-8,16H,9-12H2,1H3;2-6,11H,7-9H2,1H3;1-3H,(H2,8,9);1H4. The van der Waals surface area contributed by atoms with Gasteiger partial charge in [-0.3, -0.25) is 0 Å². The highest BCUT2D eigenvalue weighted by molar-refractivity contribution is 6.21. The Kier molecular flexibility index (Phi) is 31.7. The van der Waals surface area contributed by atoms with Crippen molar-refractivity contribution in [3.8, 4) is 12.1 Å². The highest BCUT2D eigenvalue weighted by Crippen LogP contribution is 2.39. The number of fused-ring (bicyclic) bond motifs is 5. The monoisotopic (exact) mass is 1490 g/mol. The Balaban J connectivity index is 0.000000152. The number of benzene rings is 8. The maximum Gasteiger partial charge on any atom is 0.337 e. The minimum absolute atomic E-state index is 0. The lowest BCUT2D eigenvalue weighted by Gasteiger charge is -2.42. The summed E-state index contributed by atoms with van der Waals surface area (Å²) in [5.74, 6) is 1.25. The number of nitriles is 2. The summed E-state index contributed by atoms with van der Waals surface area (Å²) in [5.41, 5.74) is 20.1. The molecule has 15 rings (SSSR count). The van der Waals surface area contributed by atoms with Crippen LogP contribution in [0.25, 0.3) is 0 Å². The molecule has 5 aliphatic rings. The van der Waals surface area contributed by atoms with E-state index in [0.29, 0.717) is 41.0 Å². The summed E-state index contributed by atoms with van der Waals surface area (Å²) in [5, 5.41) is 36.9. The smallest absolute Gasteiger partial charge is 0.337 e. The number of rotatable bonds is 13. The molecule has 0 amide bonds. The summed E-state index contributed by atoms with van der Waals surface area (Å²) in [6, 6.07) is 86.8. The van der Waals surface area contributed by atoms with Gasteiger partial charge in [0.15, 0.2) is 0 Å². The first-order valence-electron chi connectivity index (χ1n) is 36.7. The van der Waals surface area contributed by atoms with Crippen LogP contribution in [0.15, 0.2) is 255 Å². The second-order valence-corrected chi connectivity index (χ2v) is 28.5. The maximum atomic E-state index is 11.5. The molecule has 10 aromatic rings. The third-order valence-corrected chi connectivity index (χ3v) is 20.7. The zero-order valence-electron chi connectivity index (χ0n) is 62.1. The van der Waals surface area contributed by atoms with Crippen molar-refractivity contribution in [2.75, 3.05) is 158 Å². The lowest BCUT2D eigenvalue weighted by Crippen LogP contribution is -2.47. The number of nitrogens with two attached hydrogens (primary N) is 1. The van der Waals surface area contributed by atoms with Gasteiger partial charge in [0, 0.05) is 128 Å². The van der Waals surface area contributed by atoms with Crippen LogP contribution in [0.5, 0.6) is 0 Å². The van der Waals surface area contributed by atoms with Crippen LogP contribution >= 0.6 is 23.2 Å². The largest absolute Gasteiger partial charge is 0.478 e. The van der Waals surface area contributed by atoms with Gasteiger partial charge < -0.3 is 60.0 Å². The third-order valence-electron chi connectivity index (χ3n) is 20.1. The van der Waals surface area contributed by atoms with Gasteiger partial charge in [0.05, 0.1) is 64.2 Å². The first kappa shape index (κ1) is 81.9. The van der Waals surface area contributed by atoms with E-state index in [-0.39, 0.29) is 25.5 Å². The van der Waals surface area contributed by atoms with E-state index < -0.39 is 5.97 Å². The normalized spacial score (nSPS) is 17.9. The van der Waals surface area contributed by atoms with Crippen LogP contribution in [-0.4, -0.2) is 183 Å². The fraction of sp³-hybridized carbons (Fsp3) is 0.315. The number of alkyl halides is 2. The van der Waals surface area contributed by atoms with E-state index in [0.717, 1.165) is 132 Å². The van der Waals surface area contributed by atoms with E-state index in [1.165, 1.54) is 39.2 Å². The molecule has 0 saturated carbocycles. The van der Waals surface area contributed by atoms with E-state index in [2.05, 4.69) is 210 Å². The predicted molar refractivity (Wildman–Crippen MR) is 443 cm³/mol. The van der Waals surface area contributed by atoms with Crippen LogP contribution in [0.2, 0.25) is 0 Å². The minimum atomic E-state index is -0.874. The van der Waals surface area contributed by atoms with Crippen LogP contribution in [-0.2, 0) is 13.0 Å². The summed E-state index contributed by atoms with van der Waals surface area (Å²) in [4.78, 5) is 41.0. The SMILES string of the molecule is C.CN(CCCl)CC(Cl)c1ccccc1.CN1CCN(c2ccccc2C#N)C(c2ccccc2)C1.CN1CCN(c2ccccc2C(=O)O)C(c2ccccc2)C1.CN1CCN(c2ccccc2CO)C(c2ccccc2)C1.CN1CCN2c3ncccc3Cc3ccccc3C2C1.N#Cc1cccnc1N. The Morgan fingerprint density at radius 1 is 0.509 bits per heavy atom. The molecule has 0 spiro atoms. The van der Waals surface area contributed by atoms with Crippen molar-refractivity contribution in [3.63, 3.8) is 0 Å². The second kappa shape index (κ2) is 41.8. The average Bonchev–Trinajstić information content (AvgIpc) is 1.52. The molecule has 0 bridgehead atoms. The van der Waals surface area contributed by atoms with Gasteiger partial charge in [0.25, 0.3) is 0 Å². The Morgan fingerprint density at radius 3 is 1.44 bits per heavy atom. The predicted octanol–water partition coefficient (Wildman–Crippen LogP) is 15.4. The molecular formula is C89H104Cl2N14O3. The molecule has 0 radical (unpaired) electrons. The molecule has 4 saturated heterocycles. The van der Waals surface area contributed by atoms with Crippen molar-refractivity contribution in [1.29, 1.82) is 10.5 Å². The van der Waals surface area contributed by atoms with Crippen LogP contribution in [0.3, 0.4) is 0 Å². The molecule has 562 valence electrons.